The van der Waals surface area contributed by atoms with Crippen molar-refractivity contribution >= 4 is 29.2 Å². The quantitative estimate of drug-likeness (QED) is 0.468. The van der Waals surface area contributed by atoms with Crippen LogP contribution in [0.1, 0.15) is 18.9 Å². The molecule has 0 aliphatic heterocycles. The maximum atomic E-state index is 11.4. The molecule has 0 saturated heterocycles. The van der Waals surface area contributed by atoms with Gasteiger partial charge in [0, 0.05) is 6.42 Å². The molecule has 0 aliphatic carbocycles. The molecule has 1 amide bonds. The number of nitrogens with zero attached hydrogens (tertiary/aromatic N) is 2. The van der Waals surface area contributed by atoms with E-state index in [1.54, 1.807) is 19.1 Å². The van der Waals surface area contributed by atoms with Crippen molar-refractivity contribution in [3.8, 4) is 0 Å². The first-order valence-corrected chi connectivity index (χ1v) is 5.76. The number of anilines is 1. The van der Waals surface area contributed by atoms with Gasteiger partial charge in [-0.1, -0.05) is 13.0 Å². The molecule has 0 radical (unpaired) electrons. The number of benzene rings is 1. The van der Waals surface area contributed by atoms with E-state index in [-0.39, 0.29) is 17.8 Å². The Hall–Kier alpha value is -2.57. The number of aryl methyl sites for hydroxylation is 1. The molecule has 0 heterocycles. The van der Waals surface area contributed by atoms with E-state index >= 15 is 0 Å². The maximum absolute atomic E-state index is 11.4. The van der Waals surface area contributed by atoms with E-state index in [1.165, 1.54) is 0 Å². The molecule has 0 spiro atoms. The second kappa shape index (κ2) is 6.39. The Morgan fingerprint density at radius 3 is 2.58 bits per heavy atom. The van der Waals surface area contributed by atoms with Gasteiger partial charge in [0.15, 0.2) is 5.96 Å². The van der Waals surface area contributed by atoms with E-state index < -0.39 is 0 Å². The van der Waals surface area contributed by atoms with Crippen LogP contribution in [0.5, 0.6) is 0 Å². The lowest BCUT2D eigenvalue weighted by molar-refractivity contribution is -0.115. The standard InChI is InChI=1S/C12H18N6O/c1-3-10(19)16-8-5-4-7(2)6-9(8)17-12(15)18-11(13)14/h4-6H,3H2,1-2H3,(H,16,19)(H6,13,14,15,17,18). The molecule has 0 aromatic heterocycles. The zero-order valence-corrected chi connectivity index (χ0v) is 11.0. The number of hydrogen-bond acceptors (Lipinski definition) is 2. The van der Waals surface area contributed by atoms with Crippen LogP contribution in [0.25, 0.3) is 0 Å². The minimum Gasteiger partial charge on any atom is -0.370 e. The van der Waals surface area contributed by atoms with Gasteiger partial charge in [0.25, 0.3) is 0 Å². The average Bonchev–Trinajstić information content (AvgIpc) is 2.31. The summed E-state index contributed by atoms with van der Waals surface area (Å²) in [5.74, 6) is -0.355. The van der Waals surface area contributed by atoms with Gasteiger partial charge in [0.05, 0.1) is 11.4 Å². The second-order valence-corrected chi connectivity index (χ2v) is 3.93. The molecule has 0 atom stereocenters. The molecule has 7 heteroatoms. The fourth-order valence-corrected chi connectivity index (χ4v) is 1.36. The van der Waals surface area contributed by atoms with Crippen LogP contribution in [0.2, 0.25) is 0 Å². The summed E-state index contributed by atoms with van der Waals surface area (Å²) in [5.41, 5.74) is 18.1. The molecule has 1 rings (SSSR count). The lowest BCUT2D eigenvalue weighted by Crippen LogP contribution is -2.26. The number of carbonyl (C=O) groups is 1. The highest BCUT2D eigenvalue weighted by molar-refractivity contribution is 5.97. The van der Waals surface area contributed by atoms with Crippen LogP contribution in [0.15, 0.2) is 28.2 Å². The van der Waals surface area contributed by atoms with Gasteiger partial charge in [-0.15, -0.1) is 0 Å². The SMILES string of the molecule is CCC(=O)Nc1ccc(C)cc1N=C(N)N=C(N)N. The third kappa shape index (κ3) is 4.66. The lowest BCUT2D eigenvalue weighted by Gasteiger charge is -2.08. The smallest absolute Gasteiger partial charge is 0.224 e. The number of hydrogen-bond donors (Lipinski definition) is 4. The normalized spacial score (nSPS) is 10.9. The Morgan fingerprint density at radius 2 is 2.00 bits per heavy atom. The van der Waals surface area contributed by atoms with E-state index in [4.69, 9.17) is 17.2 Å². The van der Waals surface area contributed by atoms with E-state index in [0.29, 0.717) is 17.8 Å². The first-order chi connectivity index (χ1) is 8.92. The van der Waals surface area contributed by atoms with Crippen molar-refractivity contribution in [3.05, 3.63) is 23.8 Å². The van der Waals surface area contributed by atoms with Crippen LogP contribution in [0, 0.1) is 6.92 Å². The van der Waals surface area contributed by atoms with E-state index in [2.05, 4.69) is 15.3 Å². The number of nitrogens with two attached hydrogens (primary N) is 3. The summed E-state index contributed by atoms with van der Waals surface area (Å²) in [6.07, 6.45) is 0.375. The Morgan fingerprint density at radius 1 is 1.32 bits per heavy atom. The topological polar surface area (TPSA) is 132 Å². The zero-order chi connectivity index (χ0) is 14.4. The Labute approximate surface area is 111 Å². The number of aliphatic imine (C=N–C) groups is 2. The molecule has 0 saturated carbocycles. The minimum atomic E-state index is -0.173. The highest BCUT2D eigenvalue weighted by Crippen LogP contribution is 2.26. The molecule has 19 heavy (non-hydrogen) atoms. The molecule has 0 unspecified atom stereocenters. The number of amides is 1. The average molecular weight is 262 g/mol. The summed E-state index contributed by atoms with van der Waals surface area (Å²) in [5, 5.41) is 2.73. The van der Waals surface area contributed by atoms with Crippen LogP contribution in [-0.2, 0) is 4.79 Å². The number of carbonyl (C=O) groups excluding carboxylic acids is 1. The van der Waals surface area contributed by atoms with E-state index in [0.717, 1.165) is 5.56 Å². The van der Waals surface area contributed by atoms with Gasteiger partial charge >= 0.3 is 0 Å². The molecular formula is C12H18N6O. The van der Waals surface area contributed by atoms with Gasteiger partial charge in [0.2, 0.25) is 11.9 Å². The monoisotopic (exact) mass is 262 g/mol. The predicted octanol–water partition coefficient (Wildman–Crippen LogP) is 0.563. The molecule has 102 valence electrons. The molecule has 0 fully saturated rings. The summed E-state index contributed by atoms with van der Waals surface area (Å²) in [6.45, 7) is 3.67. The zero-order valence-electron chi connectivity index (χ0n) is 11.0. The highest BCUT2D eigenvalue weighted by Gasteiger charge is 2.06. The minimum absolute atomic E-state index is 0.0717. The molecule has 1 aromatic rings. The largest absolute Gasteiger partial charge is 0.370 e. The van der Waals surface area contributed by atoms with Crippen molar-refractivity contribution < 1.29 is 4.79 Å². The van der Waals surface area contributed by atoms with Gasteiger partial charge in [-0.05, 0) is 24.6 Å². The molecule has 0 bridgehead atoms. The summed E-state index contributed by atoms with van der Waals surface area (Å²) in [4.78, 5) is 19.1. The number of nitrogens with one attached hydrogen (secondary N) is 1. The van der Waals surface area contributed by atoms with Gasteiger partial charge < -0.3 is 22.5 Å². The number of guanidine groups is 2. The van der Waals surface area contributed by atoms with Crippen molar-refractivity contribution in [1.29, 1.82) is 0 Å². The number of rotatable bonds is 3. The maximum Gasteiger partial charge on any atom is 0.224 e. The predicted molar refractivity (Wildman–Crippen MR) is 77.2 cm³/mol. The molecule has 7 N–H and O–H groups in total. The van der Waals surface area contributed by atoms with Crippen molar-refractivity contribution in [3.63, 3.8) is 0 Å². The summed E-state index contributed by atoms with van der Waals surface area (Å²) in [6, 6.07) is 5.39. The highest BCUT2D eigenvalue weighted by atomic mass is 16.1. The van der Waals surface area contributed by atoms with Crippen molar-refractivity contribution in [2.24, 2.45) is 27.2 Å². The Bertz CT molecular complexity index is 531. The Kier molecular flexibility index (Phi) is 4.87. The van der Waals surface area contributed by atoms with Gasteiger partial charge in [-0.2, -0.15) is 4.99 Å². The van der Waals surface area contributed by atoms with Crippen LogP contribution in [0.3, 0.4) is 0 Å². The van der Waals surface area contributed by atoms with Gasteiger partial charge in [0.1, 0.15) is 0 Å². The van der Waals surface area contributed by atoms with Crippen molar-refractivity contribution in [2.45, 2.75) is 20.3 Å². The fourth-order valence-electron chi connectivity index (χ4n) is 1.36. The second-order valence-electron chi connectivity index (χ2n) is 3.93. The Balaban J connectivity index is 3.14. The van der Waals surface area contributed by atoms with Crippen LogP contribution < -0.4 is 22.5 Å². The van der Waals surface area contributed by atoms with Gasteiger partial charge in [-0.3, -0.25) is 4.79 Å². The molecular weight excluding hydrogens is 244 g/mol. The third-order valence-electron chi connectivity index (χ3n) is 2.23. The van der Waals surface area contributed by atoms with Crippen LogP contribution in [0.4, 0.5) is 11.4 Å². The van der Waals surface area contributed by atoms with Crippen molar-refractivity contribution in [2.75, 3.05) is 5.32 Å². The van der Waals surface area contributed by atoms with Crippen LogP contribution in [-0.4, -0.2) is 17.8 Å². The lowest BCUT2D eigenvalue weighted by atomic mass is 10.2. The van der Waals surface area contributed by atoms with E-state index in [1.807, 2.05) is 13.0 Å². The first kappa shape index (κ1) is 14.5. The molecule has 1 aromatic carbocycles. The fraction of sp³-hybridized carbons (Fsp3) is 0.250. The third-order valence-corrected chi connectivity index (χ3v) is 2.23. The van der Waals surface area contributed by atoms with Crippen molar-refractivity contribution in [1.82, 2.24) is 0 Å². The summed E-state index contributed by atoms with van der Waals surface area (Å²) in [7, 11) is 0. The molecule has 0 aliphatic rings. The van der Waals surface area contributed by atoms with Gasteiger partial charge in [-0.25, -0.2) is 4.99 Å². The first-order valence-electron chi connectivity index (χ1n) is 5.76. The van der Waals surface area contributed by atoms with Crippen LogP contribution >= 0.6 is 0 Å². The molecule has 7 nitrogen and oxygen atoms in total. The summed E-state index contributed by atoms with van der Waals surface area (Å²) >= 11 is 0. The summed E-state index contributed by atoms with van der Waals surface area (Å²) < 4.78 is 0. The van der Waals surface area contributed by atoms with E-state index in [9.17, 15) is 4.79 Å².